The number of carbonyl (C=O) groups is 2. The molecule has 2 unspecified atom stereocenters. The highest BCUT2D eigenvalue weighted by Crippen LogP contribution is 2.27. The van der Waals surface area contributed by atoms with Crippen LogP contribution in [0, 0.1) is 5.92 Å². The van der Waals surface area contributed by atoms with Crippen molar-refractivity contribution < 1.29 is 14.3 Å². The molecule has 2 N–H and O–H groups in total. The van der Waals surface area contributed by atoms with Crippen LogP contribution in [-0.2, 0) is 20.7 Å². The Balaban J connectivity index is 1.87. The van der Waals surface area contributed by atoms with Crippen molar-refractivity contribution in [2.24, 2.45) is 5.92 Å². The zero-order valence-electron chi connectivity index (χ0n) is 16.5. The van der Waals surface area contributed by atoms with E-state index in [2.05, 4.69) is 39.9 Å². The third-order valence-corrected chi connectivity index (χ3v) is 6.30. The Labute approximate surface area is 173 Å². The van der Waals surface area contributed by atoms with E-state index >= 15 is 0 Å². The summed E-state index contributed by atoms with van der Waals surface area (Å²) < 4.78 is 5.47. The Morgan fingerprint density at radius 2 is 1.93 bits per heavy atom. The Hall–Kier alpha value is -2.13. The number of hydrogen-bond acceptors (Lipinski definition) is 8. The number of aromatic nitrogens is 2. The summed E-state index contributed by atoms with van der Waals surface area (Å²) in [5.74, 6) is -0.508. The number of rotatable bonds is 10. The first-order valence-electron chi connectivity index (χ1n) is 9.16. The molecule has 0 bridgehead atoms. The monoisotopic (exact) mass is 422 g/mol. The third-order valence-electron chi connectivity index (χ3n) is 4.33. The van der Waals surface area contributed by atoms with Crippen LogP contribution < -0.4 is 10.6 Å². The van der Waals surface area contributed by atoms with Crippen LogP contribution in [0.3, 0.4) is 0 Å². The van der Waals surface area contributed by atoms with Crippen molar-refractivity contribution in [3.05, 3.63) is 29.8 Å². The number of anilines is 2. The molecule has 152 valence electrons. The van der Waals surface area contributed by atoms with Crippen LogP contribution in [0.4, 0.5) is 10.8 Å². The van der Waals surface area contributed by atoms with E-state index in [1.807, 2.05) is 26.0 Å². The maximum atomic E-state index is 12.2. The van der Waals surface area contributed by atoms with Gasteiger partial charge in [0.15, 0.2) is 4.34 Å². The summed E-state index contributed by atoms with van der Waals surface area (Å²) in [6, 6.07) is 7.50. The van der Waals surface area contributed by atoms with Gasteiger partial charge in [-0.2, -0.15) is 0 Å². The lowest BCUT2D eigenvalue weighted by molar-refractivity contribution is -0.146. The van der Waals surface area contributed by atoms with Crippen molar-refractivity contribution in [2.45, 2.75) is 44.0 Å². The van der Waals surface area contributed by atoms with Gasteiger partial charge in [0, 0.05) is 5.69 Å². The van der Waals surface area contributed by atoms with Crippen LogP contribution in [0.2, 0.25) is 0 Å². The largest absolute Gasteiger partial charge is 0.467 e. The molecule has 1 aromatic carbocycles. The fourth-order valence-electron chi connectivity index (χ4n) is 2.40. The zero-order valence-corrected chi connectivity index (χ0v) is 18.2. The Bertz CT molecular complexity index is 780. The molecule has 28 heavy (non-hydrogen) atoms. The summed E-state index contributed by atoms with van der Waals surface area (Å²) in [6.07, 6.45) is 1.76. The van der Waals surface area contributed by atoms with Crippen molar-refractivity contribution in [3.63, 3.8) is 0 Å². The number of aryl methyl sites for hydroxylation is 1. The van der Waals surface area contributed by atoms with Crippen molar-refractivity contribution in [1.82, 2.24) is 15.5 Å². The first-order chi connectivity index (χ1) is 13.5. The number of carbonyl (C=O) groups excluding carboxylic acids is 2. The molecular weight excluding hydrogens is 396 g/mol. The smallest absolute Gasteiger partial charge is 0.328 e. The third kappa shape index (κ3) is 6.49. The topological polar surface area (TPSA) is 93.2 Å². The molecule has 7 nitrogen and oxygen atoms in total. The van der Waals surface area contributed by atoms with Gasteiger partial charge in [0.2, 0.25) is 11.0 Å². The Kier molecular flexibility index (Phi) is 8.72. The highest BCUT2D eigenvalue weighted by atomic mass is 32.2. The average molecular weight is 423 g/mol. The standard InChI is InChI=1S/C19H26N4O3S2/c1-5-12(3)16(17(25)26-4)21-15(24)11-27-19-23-22-18(28-19)20-14-9-7-13(6-2)8-10-14/h7-10,12,16H,5-6,11H2,1-4H3,(H,20,22)(H,21,24). The Morgan fingerprint density at radius 1 is 1.21 bits per heavy atom. The minimum absolute atomic E-state index is 0.00201. The number of amides is 1. The number of nitrogens with zero attached hydrogens (tertiary/aromatic N) is 2. The lowest BCUT2D eigenvalue weighted by atomic mass is 9.99. The lowest BCUT2D eigenvalue weighted by Gasteiger charge is -2.21. The minimum atomic E-state index is -0.638. The number of methoxy groups -OCH3 is 1. The van der Waals surface area contributed by atoms with E-state index in [0.29, 0.717) is 9.47 Å². The van der Waals surface area contributed by atoms with Gasteiger partial charge in [0.1, 0.15) is 6.04 Å². The van der Waals surface area contributed by atoms with E-state index in [9.17, 15) is 9.59 Å². The van der Waals surface area contributed by atoms with E-state index in [4.69, 9.17) is 4.74 Å². The molecule has 0 aliphatic rings. The molecule has 1 amide bonds. The average Bonchev–Trinajstić information content (AvgIpc) is 3.17. The summed E-state index contributed by atoms with van der Waals surface area (Å²) in [5, 5.41) is 14.8. The first-order valence-corrected chi connectivity index (χ1v) is 11.0. The second-order valence-electron chi connectivity index (χ2n) is 6.29. The molecule has 1 aromatic heterocycles. The molecule has 0 saturated carbocycles. The van der Waals surface area contributed by atoms with E-state index < -0.39 is 12.0 Å². The zero-order chi connectivity index (χ0) is 20.5. The van der Waals surface area contributed by atoms with E-state index in [0.717, 1.165) is 18.5 Å². The van der Waals surface area contributed by atoms with Gasteiger partial charge >= 0.3 is 5.97 Å². The molecule has 0 radical (unpaired) electrons. The highest BCUT2D eigenvalue weighted by molar-refractivity contribution is 8.01. The minimum Gasteiger partial charge on any atom is -0.467 e. The molecule has 0 saturated heterocycles. The van der Waals surface area contributed by atoms with Gasteiger partial charge in [-0.05, 0) is 30.0 Å². The van der Waals surface area contributed by atoms with Gasteiger partial charge in [-0.3, -0.25) is 4.79 Å². The number of benzene rings is 1. The van der Waals surface area contributed by atoms with Gasteiger partial charge in [-0.1, -0.05) is 62.4 Å². The van der Waals surface area contributed by atoms with Crippen LogP contribution in [0.25, 0.3) is 0 Å². The van der Waals surface area contributed by atoms with Crippen molar-refractivity contribution in [2.75, 3.05) is 18.2 Å². The predicted molar refractivity (Wildman–Crippen MR) is 113 cm³/mol. The van der Waals surface area contributed by atoms with Crippen LogP contribution in [-0.4, -0.2) is 41.0 Å². The van der Waals surface area contributed by atoms with Gasteiger partial charge < -0.3 is 15.4 Å². The quantitative estimate of drug-likeness (QED) is 0.446. The summed E-state index contributed by atoms with van der Waals surface area (Å²) in [7, 11) is 1.32. The fourth-order valence-corrected chi connectivity index (χ4v) is 3.99. The van der Waals surface area contributed by atoms with Crippen LogP contribution in [0.5, 0.6) is 0 Å². The molecule has 2 atom stereocenters. The second-order valence-corrected chi connectivity index (χ2v) is 8.49. The van der Waals surface area contributed by atoms with Crippen LogP contribution >= 0.6 is 23.1 Å². The highest BCUT2D eigenvalue weighted by Gasteiger charge is 2.26. The SMILES string of the molecule is CCc1ccc(Nc2nnc(SCC(=O)NC(C(=O)OC)C(C)CC)s2)cc1. The molecule has 2 rings (SSSR count). The van der Waals surface area contributed by atoms with Crippen LogP contribution in [0.15, 0.2) is 28.6 Å². The molecule has 0 aliphatic heterocycles. The van der Waals surface area contributed by atoms with Gasteiger partial charge in [0.25, 0.3) is 0 Å². The maximum Gasteiger partial charge on any atom is 0.328 e. The molecule has 0 fully saturated rings. The summed E-state index contributed by atoms with van der Waals surface area (Å²) >= 11 is 2.67. The van der Waals surface area contributed by atoms with Gasteiger partial charge in [-0.25, -0.2) is 4.79 Å². The van der Waals surface area contributed by atoms with Gasteiger partial charge in [0.05, 0.1) is 12.9 Å². The number of thioether (sulfide) groups is 1. The van der Waals surface area contributed by atoms with E-state index in [-0.39, 0.29) is 17.6 Å². The van der Waals surface area contributed by atoms with E-state index in [1.54, 1.807) is 0 Å². The number of ether oxygens (including phenoxy) is 1. The van der Waals surface area contributed by atoms with Crippen molar-refractivity contribution in [1.29, 1.82) is 0 Å². The molecule has 0 aliphatic carbocycles. The summed E-state index contributed by atoms with van der Waals surface area (Å²) in [5.41, 5.74) is 2.21. The number of nitrogens with one attached hydrogen (secondary N) is 2. The second kappa shape index (κ2) is 11.0. The van der Waals surface area contributed by atoms with Crippen molar-refractivity contribution >= 4 is 45.8 Å². The normalized spacial score (nSPS) is 12.9. The van der Waals surface area contributed by atoms with Gasteiger partial charge in [-0.15, -0.1) is 10.2 Å². The lowest BCUT2D eigenvalue weighted by Crippen LogP contribution is -2.46. The molecule has 1 heterocycles. The predicted octanol–water partition coefficient (Wildman–Crippen LogP) is 3.64. The Morgan fingerprint density at radius 3 is 2.54 bits per heavy atom. The summed E-state index contributed by atoms with van der Waals surface area (Å²) in [4.78, 5) is 24.1. The maximum absolute atomic E-state index is 12.2. The molecular formula is C19H26N4O3S2. The molecule has 9 heteroatoms. The van der Waals surface area contributed by atoms with Crippen molar-refractivity contribution in [3.8, 4) is 0 Å². The van der Waals surface area contributed by atoms with E-state index in [1.165, 1.54) is 35.8 Å². The molecule has 2 aromatic rings. The number of hydrogen-bond donors (Lipinski definition) is 2. The number of esters is 1. The molecule has 0 spiro atoms. The summed E-state index contributed by atoms with van der Waals surface area (Å²) in [6.45, 7) is 5.99. The first kappa shape index (κ1) is 22.2. The van der Waals surface area contributed by atoms with Crippen LogP contribution in [0.1, 0.15) is 32.8 Å². The fraction of sp³-hybridized carbons (Fsp3) is 0.474.